The van der Waals surface area contributed by atoms with E-state index in [1.165, 1.54) is 11.1 Å². The van der Waals surface area contributed by atoms with Crippen LogP contribution in [0, 0.1) is 0 Å². The SMILES string of the molecule is C=C.O=C(NC(Cc1c[nH]c2ccccc12)ONC1CCCc2ccccc21)OCc1ccccc1. The summed E-state index contributed by atoms with van der Waals surface area (Å²) in [7, 11) is 0. The fourth-order valence-corrected chi connectivity index (χ4v) is 4.56. The lowest BCUT2D eigenvalue weighted by atomic mass is 9.88. The topological polar surface area (TPSA) is 75.4 Å². The summed E-state index contributed by atoms with van der Waals surface area (Å²) in [5.74, 6) is 0. The van der Waals surface area contributed by atoms with Crippen molar-refractivity contribution in [1.29, 1.82) is 0 Å². The number of aromatic amines is 1. The van der Waals surface area contributed by atoms with Gasteiger partial charge in [0, 0.05) is 23.5 Å². The number of aryl methyl sites for hydroxylation is 1. The second-order valence-corrected chi connectivity index (χ2v) is 8.64. The number of amides is 1. The molecule has 0 radical (unpaired) electrons. The highest BCUT2D eigenvalue weighted by Gasteiger charge is 2.23. The second kappa shape index (κ2) is 12.7. The number of aromatic nitrogens is 1. The molecule has 0 aliphatic heterocycles. The summed E-state index contributed by atoms with van der Waals surface area (Å²) in [6.45, 7) is 6.20. The normalized spacial score (nSPS) is 15.3. The number of para-hydroxylation sites is 1. The van der Waals surface area contributed by atoms with Crippen LogP contribution in [0.3, 0.4) is 0 Å². The molecule has 4 aromatic rings. The molecule has 0 fully saturated rings. The lowest BCUT2D eigenvalue weighted by Gasteiger charge is -2.28. The zero-order valence-corrected chi connectivity index (χ0v) is 20.4. The Morgan fingerprint density at radius 1 is 1.00 bits per heavy atom. The Labute approximate surface area is 212 Å². The van der Waals surface area contributed by atoms with Crippen molar-refractivity contribution in [2.24, 2.45) is 0 Å². The van der Waals surface area contributed by atoms with Crippen molar-refractivity contribution in [2.45, 2.75) is 44.6 Å². The zero-order valence-electron chi connectivity index (χ0n) is 20.4. The van der Waals surface area contributed by atoms with Gasteiger partial charge in [-0.15, -0.1) is 13.2 Å². The van der Waals surface area contributed by atoms with Crippen LogP contribution < -0.4 is 10.8 Å². The molecule has 1 aliphatic rings. The molecule has 1 amide bonds. The van der Waals surface area contributed by atoms with E-state index in [0.717, 1.165) is 41.3 Å². The summed E-state index contributed by atoms with van der Waals surface area (Å²) in [5, 5.41) is 4.00. The van der Waals surface area contributed by atoms with Crippen molar-refractivity contribution < 1.29 is 14.4 Å². The number of hydroxylamine groups is 1. The summed E-state index contributed by atoms with van der Waals surface area (Å²) in [6, 6.07) is 26.3. The van der Waals surface area contributed by atoms with Gasteiger partial charge >= 0.3 is 6.09 Å². The first kappa shape index (κ1) is 25.2. The molecule has 0 saturated heterocycles. The highest BCUT2D eigenvalue weighted by Crippen LogP contribution is 2.29. The van der Waals surface area contributed by atoms with E-state index in [0.29, 0.717) is 6.42 Å². The van der Waals surface area contributed by atoms with Gasteiger partial charge in [-0.2, -0.15) is 5.48 Å². The molecule has 186 valence electrons. The zero-order chi connectivity index (χ0) is 25.2. The van der Waals surface area contributed by atoms with Gasteiger partial charge in [0.15, 0.2) is 6.23 Å². The van der Waals surface area contributed by atoms with Gasteiger partial charge in [-0.25, -0.2) is 4.79 Å². The van der Waals surface area contributed by atoms with Gasteiger partial charge in [-0.05, 0) is 47.6 Å². The van der Waals surface area contributed by atoms with Gasteiger partial charge in [0.05, 0.1) is 6.04 Å². The summed E-state index contributed by atoms with van der Waals surface area (Å²) in [4.78, 5) is 22.0. The molecule has 6 heteroatoms. The molecule has 2 atom stereocenters. The monoisotopic (exact) mass is 483 g/mol. The number of ether oxygens (including phenoxy) is 1. The van der Waals surface area contributed by atoms with Crippen LogP contribution >= 0.6 is 0 Å². The molecule has 36 heavy (non-hydrogen) atoms. The summed E-state index contributed by atoms with van der Waals surface area (Å²) in [5.41, 5.74) is 8.89. The van der Waals surface area contributed by atoms with Gasteiger partial charge in [0.2, 0.25) is 0 Å². The van der Waals surface area contributed by atoms with E-state index in [9.17, 15) is 4.79 Å². The van der Waals surface area contributed by atoms with Gasteiger partial charge in [0.1, 0.15) is 6.61 Å². The third kappa shape index (κ3) is 6.42. The molecule has 6 nitrogen and oxygen atoms in total. The fraction of sp³-hybridized carbons (Fsp3) is 0.233. The van der Waals surface area contributed by atoms with Crippen LogP contribution in [0.25, 0.3) is 10.9 Å². The first-order valence-corrected chi connectivity index (χ1v) is 12.3. The number of H-pyrrole nitrogens is 1. The minimum Gasteiger partial charge on any atom is -0.445 e. The maximum absolute atomic E-state index is 12.6. The standard InChI is InChI=1S/C28H29N3O3.C2H4/c32-28(33-19-20-9-2-1-3-10-20)30-27(17-22-18-29-25-15-7-6-14-24(22)25)34-31-26-16-8-12-21-11-4-5-13-23(21)26;1-2/h1-7,9-11,13-15,18,26-27,29,31H,8,12,16-17,19H2,(H,30,32);1-2H2. The quantitative estimate of drug-likeness (QED) is 0.155. The van der Waals surface area contributed by atoms with Crippen LogP contribution in [0.1, 0.15) is 41.1 Å². The molecular weight excluding hydrogens is 450 g/mol. The van der Waals surface area contributed by atoms with Crippen LogP contribution in [0.4, 0.5) is 4.79 Å². The van der Waals surface area contributed by atoms with E-state index < -0.39 is 12.3 Å². The van der Waals surface area contributed by atoms with Gasteiger partial charge in [-0.1, -0.05) is 72.8 Å². The first-order valence-electron chi connectivity index (χ1n) is 12.3. The Morgan fingerprint density at radius 3 is 2.61 bits per heavy atom. The van der Waals surface area contributed by atoms with E-state index in [2.05, 4.69) is 59.3 Å². The Balaban J connectivity index is 0.00000148. The van der Waals surface area contributed by atoms with Gasteiger partial charge in [0.25, 0.3) is 0 Å². The van der Waals surface area contributed by atoms with Crippen LogP contribution in [0.5, 0.6) is 0 Å². The smallest absolute Gasteiger partial charge is 0.409 e. The second-order valence-electron chi connectivity index (χ2n) is 8.64. The highest BCUT2D eigenvalue weighted by molar-refractivity contribution is 5.83. The highest BCUT2D eigenvalue weighted by atomic mass is 16.7. The molecule has 0 saturated carbocycles. The minimum atomic E-state index is -0.600. The fourth-order valence-electron chi connectivity index (χ4n) is 4.56. The predicted molar refractivity (Wildman–Crippen MR) is 143 cm³/mol. The number of benzene rings is 3. The van der Waals surface area contributed by atoms with E-state index in [1.807, 2.05) is 54.7 Å². The molecule has 0 spiro atoms. The molecule has 3 N–H and O–H groups in total. The Kier molecular flexibility index (Phi) is 8.92. The third-order valence-electron chi connectivity index (χ3n) is 6.29. The van der Waals surface area contributed by atoms with Crippen LogP contribution in [0.2, 0.25) is 0 Å². The number of nitrogens with one attached hydrogen (secondary N) is 3. The van der Waals surface area contributed by atoms with Crippen molar-refractivity contribution >= 4 is 17.0 Å². The number of carbonyl (C=O) groups excluding carboxylic acids is 1. The maximum atomic E-state index is 12.6. The van der Waals surface area contributed by atoms with Crippen molar-refractivity contribution in [3.8, 4) is 0 Å². The van der Waals surface area contributed by atoms with E-state index in [1.54, 1.807) is 0 Å². The number of alkyl carbamates (subject to hydrolysis) is 1. The number of fused-ring (bicyclic) bond motifs is 2. The van der Waals surface area contributed by atoms with Crippen molar-refractivity contribution in [3.05, 3.63) is 120 Å². The van der Waals surface area contributed by atoms with Gasteiger partial charge in [-0.3, -0.25) is 10.2 Å². The van der Waals surface area contributed by atoms with Gasteiger partial charge < -0.3 is 9.72 Å². The third-order valence-corrected chi connectivity index (χ3v) is 6.29. The van der Waals surface area contributed by atoms with Crippen LogP contribution in [-0.2, 0) is 29.0 Å². The number of rotatable bonds is 8. The van der Waals surface area contributed by atoms with Crippen molar-refractivity contribution in [2.75, 3.05) is 0 Å². The summed E-state index contributed by atoms with van der Waals surface area (Å²) < 4.78 is 5.45. The molecule has 1 heterocycles. The largest absolute Gasteiger partial charge is 0.445 e. The first-order chi connectivity index (χ1) is 17.8. The predicted octanol–water partition coefficient (Wildman–Crippen LogP) is 6.36. The summed E-state index contributed by atoms with van der Waals surface area (Å²) >= 11 is 0. The van der Waals surface area contributed by atoms with Crippen molar-refractivity contribution in [3.63, 3.8) is 0 Å². The maximum Gasteiger partial charge on any atom is 0.409 e. The number of carbonyl (C=O) groups is 1. The average Bonchev–Trinajstić information content (AvgIpc) is 3.35. The van der Waals surface area contributed by atoms with E-state index >= 15 is 0 Å². The minimum absolute atomic E-state index is 0.0811. The molecule has 2 unspecified atom stereocenters. The number of hydrogen-bond acceptors (Lipinski definition) is 4. The molecule has 1 aliphatic carbocycles. The summed E-state index contributed by atoms with van der Waals surface area (Å²) in [6.07, 6.45) is 4.50. The molecule has 1 aromatic heterocycles. The Morgan fingerprint density at radius 2 is 1.75 bits per heavy atom. The van der Waals surface area contributed by atoms with Crippen LogP contribution in [-0.4, -0.2) is 17.3 Å². The van der Waals surface area contributed by atoms with Crippen molar-refractivity contribution in [1.82, 2.24) is 15.8 Å². The van der Waals surface area contributed by atoms with E-state index in [4.69, 9.17) is 9.57 Å². The molecule has 0 bridgehead atoms. The van der Waals surface area contributed by atoms with Crippen LogP contribution in [0.15, 0.2) is 98.2 Å². The molecule has 3 aromatic carbocycles. The lowest BCUT2D eigenvalue weighted by Crippen LogP contribution is -2.43. The average molecular weight is 484 g/mol. The Bertz CT molecular complexity index is 1250. The lowest BCUT2D eigenvalue weighted by molar-refractivity contribution is -0.0609. The van der Waals surface area contributed by atoms with E-state index in [-0.39, 0.29) is 12.6 Å². The number of hydrogen-bond donors (Lipinski definition) is 3. The molecular formula is C30H33N3O3. The Hall–Kier alpha value is -3.87. The molecule has 5 rings (SSSR count).